The fourth-order valence-electron chi connectivity index (χ4n) is 1.53. The van der Waals surface area contributed by atoms with Crippen molar-refractivity contribution in [2.75, 3.05) is 0 Å². The summed E-state index contributed by atoms with van der Waals surface area (Å²) < 4.78 is 45.1. The molecule has 0 unspecified atom stereocenters. The molecule has 1 aromatic carbocycles. The van der Waals surface area contributed by atoms with Crippen molar-refractivity contribution in [1.29, 1.82) is 0 Å². The molecule has 0 aliphatic heterocycles. The molecule has 0 N–H and O–H groups in total. The molecule has 19 heavy (non-hydrogen) atoms. The third-order valence-electron chi connectivity index (χ3n) is 2.31. The van der Waals surface area contributed by atoms with E-state index in [0.717, 1.165) is 0 Å². The zero-order chi connectivity index (χ0) is 13.9. The number of aromatic nitrogens is 2. The molecule has 7 heteroatoms. The first kappa shape index (κ1) is 13.4. The molecule has 0 saturated heterocycles. The Labute approximate surface area is 107 Å². The van der Waals surface area contributed by atoms with Gasteiger partial charge in [-0.25, -0.2) is 0 Å². The number of halogens is 3. The Kier molecular flexibility index (Phi) is 3.73. The van der Waals surface area contributed by atoms with Gasteiger partial charge in [-0.1, -0.05) is 24.2 Å². The summed E-state index contributed by atoms with van der Waals surface area (Å²) in [7, 11) is 0. The van der Waals surface area contributed by atoms with Gasteiger partial charge >= 0.3 is 6.36 Å². The summed E-state index contributed by atoms with van der Waals surface area (Å²) in [5, 5.41) is 3.72. The maximum atomic E-state index is 12.1. The van der Waals surface area contributed by atoms with E-state index in [1.54, 1.807) is 6.07 Å². The molecule has 0 bridgehead atoms. The van der Waals surface area contributed by atoms with Crippen molar-refractivity contribution in [3.8, 4) is 5.75 Å². The predicted octanol–water partition coefficient (Wildman–Crippen LogP) is 3.12. The van der Waals surface area contributed by atoms with E-state index < -0.39 is 6.36 Å². The zero-order valence-electron chi connectivity index (χ0n) is 10.1. The van der Waals surface area contributed by atoms with E-state index in [2.05, 4.69) is 14.9 Å². The van der Waals surface area contributed by atoms with Gasteiger partial charge in [0.1, 0.15) is 5.75 Å². The quantitative estimate of drug-likeness (QED) is 0.858. The Morgan fingerprint density at radius 3 is 2.74 bits per heavy atom. The monoisotopic (exact) mass is 272 g/mol. The van der Waals surface area contributed by atoms with Crippen molar-refractivity contribution < 1.29 is 22.4 Å². The Morgan fingerprint density at radius 1 is 1.32 bits per heavy atom. The van der Waals surface area contributed by atoms with Crippen molar-refractivity contribution in [2.24, 2.45) is 0 Å². The SMILES string of the molecule is CCc1noc(Cc2cccc(OC(F)(F)F)c2)n1. The van der Waals surface area contributed by atoms with Crippen LogP contribution in [0.2, 0.25) is 0 Å². The smallest absolute Gasteiger partial charge is 0.406 e. The van der Waals surface area contributed by atoms with Gasteiger partial charge in [-0.2, -0.15) is 4.98 Å². The number of aryl methyl sites for hydroxylation is 1. The average Bonchev–Trinajstić information content (AvgIpc) is 2.75. The van der Waals surface area contributed by atoms with Crippen LogP contribution in [0.15, 0.2) is 28.8 Å². The van der Waals surface area contributed by atoms with Crippen LogP contribution in [0.4, 0.5) is 13.2 Å². The number of hydrogen-bond acceptors (Lipinski definition) is 4. The number of hydrogen-bond donors (Lipinski definition) is 0. The summed E-state index contributed by atoms with van der Waals surface area (Å²) in [5.74, 6) is 0.666. The highest BCUT2D eigenvalue weighted by Crippen LogP contribution is 2.24. The largest absolute Gasteiger partial charge is 0.573 e. The van der Waals surface area contributed by atoms with Crippen LogP contribution in [0.5, 0.6) is 5.75 Å². The van der Waals surface area contributed by atoms with Gasteiger partial charge in [0.2, 0.25) is 5.89 Å². The lowest BCUT2D eigenvalue weighted by molar-refractivity contribution is -0.274. The van der Waals surface area contributed by atoms with Gasteiger partial charge in [-0.3, -0.25) is 0 Å². The third-order valence-corrected chi connectivity index (χ3v) is 2.31. The van der Waals surface area contributed by atoms with E-state index in [9.17, 15) is 13.2 Å². The number of ether oxygens (including phenoxy) is 1. The minimum absolute atomic E-state index is 0.264. The molecule has 0 spiro atoms. The standard InChI is InChI=1S/C12H11F3N2O2/c1-2-10-16-11(19-17-10)7-8-4-3-5-9(6-8)18-12(13,14)15/h3-6H,2,7H2,1H3. The van der Waals surface area contributed by atoms with E-state index in [0.29, 0.717) is 23.7 Å². The van der Waals surface area contributed by atoms with Gasteiger partial charge < -0.3 is 9.26 Å². The van der Waals surface area contributed by atoms with Crippen LogP contribution in [-0.2, 0) is 12.8 Å². The zero-order valence-corrected chi connectivity index (χ0v) is 10.1. The summed E-state index contributed by atoms with van der Waals surface area (Å²) in [6, 6.07) is 5.68. The van der Waals surface area contributed by atoms with Crippen LogP contribution in [0.25, 0.3) is 0 Å². The predicted molar refractivity (Wildman–Crippen MR) is 59.6 cm³/mol. The first-order chi connectivity index (χ1) is 8.96. The van der Waals surface area contributed by atoms with Crippen molar-refractivity contribution in [2.45, 2.75) is 26.1 Å². The van der Waals surface area contributed by atoms with Crippen LogP contribution < -0.4 is 4.74 Å². The van der Waals surface area contributed by atoms with Gasteiger partial charge in [0.15, 0.2) is 5.82 Å². The highest BCUT2D eigenvalue weighted by Gasteiger charge is 2.31. The summed E-state index contributed by atoms with van der Waals surface area (Å²) in [5.41, 5.74) is 0.605. The molecule has 102 valence electrons. The lowest BCUT2D eigenvalue weighted by atomic mass is 10.1. The Hall–Kier alpha value is -2.05. The van der Waals surface area contributed by atoms with E-state index in [1.165, 1.54) is 18.2 Å². The molecule has 0 amide bonds. The highest BCUT2D eigenvalue weighted by molar-refractivity contribution is 5.30. The van der Waals surface area contributed by atoms with Crippen LogP contribution in [-0.4, -0.2) is 16.5 Å². The van der Waals surface area contributed by atoms with Gasteiger partial charge in [0.05, 0.1) is 6.42 Å². The van der Waals surface area contributed by atoms with Crippen LogP contribution in [0.3, 0.4) is 0 Å². The van der Waals surface area contributed by atoms with E-state index in [-0.39, 0.29) is 12.2 Å². The molecular weight excluding hydrogens is 261 g/mol. The van der Waals surface area contributed by atoms with Gasteiger partial charge in [0, 0.05) is 6.42 Å². The molecule has 0 aliphatic carbocycles. The molecule has 2 rings (SSSR count). The summed E-state index contributed by atoms with van der Waals surface area (Å²) in [6.45, 7) is 1.88. The minimum atomic E-state index is -4.70. The first-order valence-electron chi connectivity index (χ1n) is 5.62. The lowest BCUT2D eigenvalue weighted by Crippen LogP contribution is -2.17. The molecule has 0 atom stereocenters. The number of nitrogens with zero attached hydrogens (tertiary/aromatic N) is 2. The molecule has 0 fully saturated rings. The highest BCUT2D eigenvalue weighted by atomic mass is 19.4. The minimum Gasteiger partial charge on any atom is -0.406 e. The average molecular weight is 272 g/mol. The topological polar surface area (TPSA) is 48.2 Å². The van der Waals surface area contributed by atoms with E-state index in [4.69, 9.17) is 4.52 Å². The molecule has 0 aliphatic rings. The Bertz CT molecular complexity index is 552. The van der Waals surface area contributed by atoms with Crippen molar-refractivity contribution in [1.82, 2.24) is 10.1 Å². The second kappa shape index (κ2) is 5.29. The van der Waals surface area contributed by atoms with Crippen molar-refractivity contribution in [3.05, 3.63) is 41.5 Å². The van der Waals surface area contributed by atoms with Crippen molar-refractivity contribution >= 4 is 0 Å². The maximum absolute atomic E-state index is 12.1. The molecule has 4 nitrogen and oxygen atoms in total. The van der Waals surface area contributed by atoms with Crippen molar-refractivity contribution in [3.63, 3.8) is 0 Å². The molecular formula is C12H11F3N2O2. The normalized spacial score (nSPS) is 11.6. The van der Waals surface area contributed by atoms with E-state index >= 15 is 0 Å². The fraction of sp³-hybridized carbons (Fsp3) is 0.333. The molecule has 0 saturated carbocycles. The van der Waals surface area contributed by atoms with Crippen LogP contribution >= 0.6 is 0 Å². The van der Waals surface area contributed by atoms with E-state index in [1.807, 2.05) is 6.92 Å². The third kappa shape index (κ3) is 3.97. The molecule has 1 heterocycles. The first-order valence-corrected chi connectivity index (χ1v) is 5.62. The van der Waals surface area contributed by atoms with Gasteiger partial charge in [-0.15, -0.1) is 13.2 Å². The molecule has 0 radical (unpaired) electrons. The Balaban J connectivity index is 2.10. The second-order valence-corrected chi connectivity index (χ2v) is 3.83. The van der Waals surface area contributed by atoms with Crippen LogP contribution in [0.1, 0.15) is 24.2 Å². The van der Waals surface area contributed by atoms with Gasteiger partial charge in [0.25, 0.3) is 0 Å². The Morgan fingerprint density at radius 2 is 2.11 bits per heavy atom. The number of alkyl halides is 3. The molecule has 2 aromatic rings. The fourth-order valence-corrected chi connectivity index (χ4v) is 1.53. The molecule has 1 aromatic heterocycles. The number of benzene rings is 1. The maximum Gasteiger partial charge on any atom is 0.573 e. The van der Waals surface area contributed by atoms with Gasteiger partial charge in [-0.05, 0) is 17.7 Å². The second-order valence-electron chi connectivity index (χ2n) is 3.83. The number of rotatable bonds is 4. The van der Waals surface area contributed by atoms with Crippen LogP contribution in [0, 0.1) is 0 Å². The lowest BCUT2D eigenvalue weighted by Gasteiger charge is -2.09. The summed E-state index contributed by atoms with van der Waals surface area (Å²) in [6.07, 6.45) is -3.79. The summed E-state index contributed by atoms with van der Waals surface area (Å²) >= 11 is 0. The summed E-state index contributed by atoms with van der Waals surface area (Å²) in [4.78, 5) is 4.09.